The van der Waals surface area contributed by atoms with Crippen LogP contribution in [0.1, 0.15) is 0 Å². The highest BCUT2D eigenvalue weighted by Gasteiger charge is 2.20. The van der Waals surface area contributed by atoms with Gasteiger partial charge in [0.1, 0.15) is 0 Å². The van der Waals surface area contributed by atoms with E-state index in [1.54, 1.807) is 0 Å². The summed E-state index contributed by atoms with van der Waals surface area (Å²) in [5.41, 5.74) is 16.3. The number of hydrogen-bond acceptors (Lipinski definition) is 1. The van der Waals surface area contributed by atoms with Crippen LogP contribution < -0.4 is 4.90 Å². The Balaban J connectivity index is 0.971. The summed E-state index contributed by atoms with van der Waals surface area (Å²) in [6.45, 7) is 0. The van der Waals surface area contributed by atoms with Crippen molar-refractivity contribution in [1.82, 2.24) is 4.57 Å². The monoisotopic (exact) mass is 864 g/mol. The highest BCUT2D eigenvalue weighted by atomic mass is 15.1. The van der Waals surface area contributed by atoms with Crippen molar-refractivity contribution >= 4 is 71.2 Å². The Morgan fingerprint density at radius 1 is 0.250 bits per heavy atom. The molecule has 0 aliphatic carbocycles. The van der Waals surface area contributed by atoms with Gasteiger partial charge < -0.3 is 9.47 Å². The van der Waals surface area contributed by atoms with Gasteiger partial charge in [-0.1, -0.05) is 194 Å². The number of nitrogens with zero attached hydrogens (tertiary/aromatic N) is 2. The number of fused-ring (bicyclic) bond motifs is 8. The molecule has 1 heterocycles. The first-order valence-electron chi connectivity index (χ1n) is 23.4. The van der Waals surface area contributed by atoms with Crippen molar-refractivity contribution in [1.29, 1.82) is 0 Å². The van der Waals surface area contributed by atoms with Crippen LogP contribution in [-0.2, 0) is 0 Å². The maximum atomic E-state index is 2.42. The second-order valence-electron chi connectivity index (χ2n) is 17.7. The van der Waals surface area contributed by atoms with E-state index in [4.69, 9.17) is 0 Å². The van der Waals surface area contributed by atoms with Crippen LogP contribution in [-0.4, -0.2) is 4.57 Å². The minimum Gasteiger partial charge on any atom is -0.310 e. The Kier molecular flexibility index (Phi) is 9.54. The number of anilines is 3. The maximum absolute atomic E-state index is 2.42. The third kappa shape index (κ3) is 6.73. The first kappa shape index (κ1) is 39.4. The number of rotatable bonds is 8. The van der Waals surface area contributed by atoms with Crippen molar-refractivity contribution in [2.24, 2.45) is 0 Å². The Morgan fingerprint density at radius 3 is 1.54 bits per heavy atom. The van der Waals surface area contributed by atoms with Gasteiger partial charge in [-0.25, -0.2) is 0 Å². The average molecular weight is 865 g/mol. The van der Waals surface area contributed by atoms with E-state index in [0.29, 0.717) is 0 Å². The van der Waals surface area contributed by atoms with Crippen LogP contribution in [0.3, 0.4) is 0 Å². The van der Waals surface area contributed by atoms with E-state index in [0.717, 1.165) is 28.3 Å². The van der Waals surface area contributed by atoms with Crippen LogP contribution in [0.15, 0.2) is 267 Å². The van der Waals surface area contributed by atoms with Gasteiger partial charge in [-0.3, -0.25) is 0 Å². The number of benzene rings is 12. The predicted molar refractivity (Wildman–Crippen MR) is 290 cm³/mol. The van der Waals surface area contributed by atoms with Crippen molar-refractivity contribution in [2.75, 3.05) is 4.90 Å². The molecule has 13 aromatic rings. The van der Waals surface area contributed by atoms with Crippen molar-refractivity contribution in [2.45, 2.75) is 0 Å². The zero-order valence-corrected chi connectivity index (χ0v) is 37.3. The van der Waals surface area contributed by atoms with Crippen LogP contribution >= 0.6 is 0 Å². The van der Waals surface area contributed by atoms with Crippen molar-refractivity contribution in [3.05, 3.63) is 267 Å². The smallest absolute Gasteiger partial charge is 0.0547 e. The highest BCUT2D eigenvalue weighted by molar-refractivity contribution is 6.25. The third-order valence-electron chi connectivity index (χ3n) is 13.7. The van der Waals surface area contributed by atoms with Gasteiger partial charge in [0, 0.05) is 33.5 Å². The molecule has 0 N–H and O–H groups in total. The highest BCUT2D eigenvalue weighted by Crippen LogP contribution is 2.45. The Morgan fingerprint density at radius 2 is 0.794 bits per heavy atom. The minimum absolute atomic E-state index is 1.08. The molecule has 12 aromatic carbocycles. The summed E-state index contributed by atoms with van der Waals surface area (Å²) in [5.74, 6) is 0. The van der Waals surface area contributed by atoms with Crippen LogP contribution in [0.5, 0.6) is 0 Å². The van der Waals surface area contributed by atoms with E-state index in [-0.39, 0.29) is 0 Å². The molecule has 318 valence electrons. The molecule has 0 bridgehead atoms. The fourth-order valence-corrected chi connectivity index (χ4v) is 10.6. The lowest BCUT2D eigenvalue weighted by molar-refractivity contribution is 1.18. The molecule has 0 aliphatic rings. The van der Waals surface area contributed by atoms with Gasteiger partial charge in [-0.05, 0) is 150 Å². The molecule has 0 amide bonds. The zero-order valence-electron chi connectivity index (χ0n) is 37.3. The molecule has 0 saturated carbocycles. The summed E-state index contributed by atoms with van der Waals surface area (Å²) < 4.78 is 2.42. The molecule has 0 fully saturated rings. The molecule has 2 nitrogen and oxygen atoms in total. The van der Waals surface area contributed by atoms with Crippen LogP contribution in [0.25, 0.3) is 104 Å². The Labute approximate surface area is 395 Å². The quantitative estimate of drug-likeness (QED) is 0.138. The molecule has 0 spiro atoms. The van der Waals surface area contributed by atoms with Crippen LogP contribution in [0.4, 0.5) is 17.1 Å². The zero-order chi connectivity index (χ0) is 45.0. The number of para-hydroxylation sites is 1. The van der Waals surface area contributed by atoms with Crippen LogP contribution in [0, 0.1) is 0 Å². The first-order chi connectivity index (χ1) is 33.7. The fraction of sp³-hybridized carbons (Fsp3) is 0. The molecule has 1 aromatic heterocycles. The van der Waals surface area contributed by atoms with Gasteiger partial charge in [-0.2, -0.15) is 0 Å². The minimum atomic E-state index is 1.08. The predicted octanol–water partition coefficient (Wildman–Crippen LogP) is 18.4. The third-order valence-corrected chi connectivity index (χ3v) is 13.7. The second kappa shape index (κ2) is 16.5. The molecule has 0 aliphatic heterocycles. The van der Waals surface area contributed by atoms with Crippen molar-refractivity contribution in [3.8, 4) is 50.2 Å². The summed E-state index contributed by atoms with van der Waals surface area (Å²) in [5, 5.41) is 10.1. The van der Waals surface area contributed by atoms with E-state index in [1.165, 1.54) is 93.1 Å². The molecule has 0 unspecified atom stereocenters. The summed E-state index contributed by atoms with van der Waals surface area (Å²) in [6, 6.07) is 97.4. The SMILES string of the molecule is c1ccc(-c2cccc(-c3ccc(N(c4ccc(-c5cc6ccccc6c6ccccc56)cc4)c4cccc(-c5cccc6c5c5c7ccccc7ccc5n6-c5ccccc5)c4)cc3)c2)cc1. The van der Waals surface area contributed by atoms with Crippen molar-refractivity contribution < 1.29 is 0 Å². The molecule has 0 saturated heterocycles. The first-order valence-corrected chi connectivity index (χ1v) is 23.4. The Hall–Kier alpha value is -8.98. The van der Waals surface area contributed by atoms with Gasteiger partial charge in [-0.15, -0.1) is 0 Å². The Bertz CT molecular complexity index is 4000. The molecule has 0 radical (unpaired) electrons. The molecule has 13 rings (SSSR count). The summed E-state index contributed by atoms with van der Waals surface area (Å²) in [4.78, 5) is 2.40. The lowest BCUT2D eigenvalue weighted by Crippen LogP contribution is -2.10. The molecule has 2 heteroatoms. The van der Waals surface area contributed by atoms with Crippen LogP contribution in [0.2, 0.25) is 0 Å². The van der Waals surface area contributed by atoms with E-state index in [9.17, 15) is 0 Å². The van der Waals surface area contributed by atoms with E-state index >= 15 is 0 Å². The molecule has 0 atom stereocenters. The molecular weight excluding hydrogens is 821 g/mol. The standard InChI is InChI=1S/C66H44N2/c1-3-16-45(17-4-1)49-20-13-21-50(42-49)46-32-37-54(38-33-46)67(55-39-34-48(35-40-55)62-44-52-19-8-9-26-57(52)60-28-11-12-29-61(60)62)56-25-14-22-51(43-56)59-30-15-31-63-66(59)65-58-27-10-7-18-47(58)36-41-64(65)68(63)53-23-5-2-6-24-53/h1-44H. The topological polar surface area (TPSA) is 8.17 Å². The summed E-state index contributed by atoms with van der Waals surface area (Å²) in [6.07, 6.45) is 0. The lowest BCUT2D eigenvalue weighted by Gasteiger charge is -2.26. The van der Waals surface area contributed by atoms with E-state index in [2.05, 4.69) is 276 Å². The average Bonchev–Trinajstić information content (AvgIpc) is 3.77. The maximum Gasteiger partial charge on any atom is 0.0547 e. The van der Waals surface area contributed by atoms with Gasteiger partial charge in [0.05, 0.1) is 11.0 Å². The van der Waals surface area contributed by atoms with E-state index in [1.807, 2.05) is 0 Å². The van der Waals surface area contributed by atoms with E-state index < -0.39 is 0 Å². The number of aromatic nitrogens is 1. The van der Waals surface area contributed by atoms with Gasteiger partial charge >= 0.3 is 0 Å². The fourth-order valence-electron chi connectivity index (χ4n) is 10.6. The summed E-state index contributed by atoms with van der Waals surface area (Å²) in [7, 11) is 0. The van der Waals surface area contributed by atoms with Gasteiger partial charge in [0.2, 0.25) is 0 Å². The lowest BCUT2D eigenvalue weighted by atomic mass is 9.93. The largest absolute Gasteiger partial charge is 0.310 e. The molecule has 68 heavy (non-hydrogen) atoms. The summed E-state index contributed by atoms with van der Waals surface area (Å²) >= 11 is 0. The normalized spacial score (nSPS) is 11.5. The van der Waals surface area contributed by atoms with Gasteiger partial charge in [0.15, 0.2) is 0 Å². The number of hydrogen-bond donors (Lipinski definition) is 0. The van der Waals surface area contributed by atoms with Crippen molar-refractivity contribution in [3.63, 3.8) is 0 Å². The molecular formula is C66H44N2. The second-order valence-corrected chi connectivity index (χ2v) is 17.7. The van der Waals surface area contributed by atoms with Gasteiger partial charge in [0.25, 0.3) is 0 Å².